The SMILES string of the molecule is CC1=CCC[C@@]2(C)O[C@H]2[C@H]2OC(=O)[C@@H](CN(C)C3CCCCC3)[C@@H]2CC1. The molecule has 0 aromatic carbocycles. The lowest BCUT2D eigenvalue weighted by atomic mass is 9.80. The maximum atomic E-state index is 12.8. The molecule has 0 bridgehead atoms. The van der Waals surface area contributed by atoms with Gasteiger partial charge in [0.05, 0.1) is 11.5 Å². The highest BCUT2D eigenvalue weighted by molar-refractivity contribution is 5.75. The molecule has 4 rings (SSSR count). The highest BCUT2D eigenvalue weighted by Gasteiger charge is 2.62. The molecular formula is C22H35NO3. The van der Waals surface area contributed by atoms with E-state index in [0.29, 0.717) is 12.0 Å². The Morgan fingerprint density at radius 2 is 2.00 bits per heavy atom. The minimum atomic E-state index is -0.0958. The Hall–Kier alpha value is -0.870. The highest BCUT2D eigenvalue weighted by atomic mass is 16.6. The zero-order valence-electron chi connectivity index (χ0n) is 16.7. The molecule has 0 N–H and O–H groups in total. The van der Waals surface area contributed by atoms with Crippen molar-refractivity contribution in [1.82, 2.24) is 4.90 Å². The minimum Gasteiger partial charge on any atom is -0.459 e. The van der Waals surface area contributed by atoms with Gasteiger partial charge in [-0.3, -0.25) is 4.79 Å². The second-order valence-corrected chi connectivity index (χ2v) is 9.38. The lowest BCUT2D eigenvalue weighted by Gasteiger charge is -2.33. The first-order valence-corrected chi connectivity index (χ1v) is 10.7. The average molecular weight is 362 g/mol. The molecule has 3 fully saturated rings. The van der Waals surface area contributed by atoms with Crippen molar-refractivity contribution in [3.8, 4) is 0 Å². The van der Waals surface area contributed by atoms with Crippen LogP contribution in [0.15, 0.2) is 11.6 Å². The summed E-state index contributed by atoms with van der Waals surface area (Å²) in [6, 6.07) is 0.638. The number of hydrogen-bond acceptors (Lipinski definition) is 4. The van der Waals surface area contributed by atoms with Crippen molar-refractivity contribution >= 4 is 5.97 Å². The fourth-order valence-corrected chi connectivity index (χ4v) is 5.53. The van der Waals surface area contributed by atoms with Crippen LogP contribution < -0.4 is 0 Å². The molecule has 4 heteroatoms. The predicted octanol–water partition coefficient (Wildman–Crippen LogP) is 4.09. The summed E-state index contributed by atoms with van der Waals surface area (Å²) in [5, 5.41) is 0. The van der Waals surface area contributed by atoms with E-state index in [4.69, 9.17) is 9.47 Å². The second-order valence-electron chi connectivity index (χ2n) is 9.38. The third-order valence-corrected chi connectivity index (χ3v) is 7.42. The Kier molecular flexibility index (Phi) is 5.17. The Labute approximate surface area is 158 Å². The van der Waals surface area contributed by atoms with E-state index < -0.39 is 0 Å². The Balaban J connectivity index is 1.49. The molecule has 146 valence electrons. The standard InChI is InChI=1S/C22H35NO3/c1-15-8-7-13-22(2)20(26-22)19-17(12-11-15)18(21(24)25-19)14-23(3)16-9-5-4-6-10-16/h8,16-20H,4-7,9-14H2,1-3H3/t17-,18-,19-,20-,22+/m0/s1. The molecule has 4 nitrogen and oxygen atoms in total. The van der Waals surface area contributed by atoms with Crippen LogP contribution in [0, 0.1) is 11.8 Å². The summed E-state index contributed by atoms with van der Waals surface area (Å²) in [6.45, 7) is 5.26. The molecule has 0 amide bonds. The van der Waals surface area contributed by atoms with Gasteiger partial charge in [0, 0.05) is 18.5 Å². The normalized spacial score (nSPS) is 41.2. The molecule has 5 atom stereocenters. The summed E-state index contributed by atoms with van der Waals surface area (Å²) in [5.74, 6) is 0.316. The van der Waals surface area contributed by atoms with Crippen molar-refractivity contribution in [2.45, 2.75) is 95.5 Å². The molecule has 2 aliphatic carbocycles. The summed E-state index contributed by atoms with van der Waals surface area (Å²) in [4.78, 5) is 15.2. The van der Waals surface area contributed by atoms with E-state index in [9.17, 15) is 4.79 Å². The van der Waals surface area contributed by atoms with Crippen molar-refractivity contribution < 1.29 is 14.3 Å². The molecule has 2 heterocycles. The van der Waals surface area contributed by atoms with Gasteiger partial charge < -0.3 is 14.4 Å². The van der Waals surface area contributed by atoms with E-state index in [1.54, 1.807) is 0 Å². The van der Waals surface area contributed by atoms with Gasteiger partial charge in [0.25, 0.3) is 0 Å². The van der Waals surface area contributed by atoms with Crippen LogP contribution in [0.3, 0.4) is 0 Å². The zero-order valence-corrected chi connectivity index (χ0v) is 16.7. The number of carbonyl (C=O) groups is 1. The third kappa shape index (κ3) is 3.60. The fraction of sp³-hybridized carbons (Fsp3) is 0.864. The van der Waals surface area contributed by atoms with Gasteiger partial charge in [0.2, 0.25) is 0 Å². The molecule has 1 saturated carbocycles. The lowest BCUT2D eigenvalue weighted by molar-refractivity contribution is -0.145. The number of fused-ring (bicyclic) bond motifs is 3. The Morgan fingerprint density at radius 1 is 1.23 bits per heavy atom. The number of hydrogen-bond donors (Lipinski definition) is 0. The molecule has 26 heavy (non-hydrogen) atoms. The lowest BCUT2D eigenvalue weighted by Crippen LogP contribution is -2.40. The number of esters is 1. The predicted molar refractivity (Wildman–Crippen MR) is 102 cm³/mol. The van der Waals surface area contributed by atoms with Crippen LogP contribution in [0.5, 0.6) is 0 Å². The van der Waals surface area contributed by atoms with Gasteiger partial charge in [0.15, 0.2) is 0 Å². The molecular weight excluding hydrogens is 326 g/mol. The van der Waals surface area contributed by atoms with Crippen molar-refractivity contribution in [3.05, 3.63) is 11.6 Å². The molecule has 4 aliphatic rings. The number of epoxide rings is 1. The molecule has 2 aliphatic heterocycles. The number of ether oxygens (including phenoxy) is 2. The van der Waals surface area contributed by atoms with Gasteiger partial charge in [-0.25, -0.2) is 0 Å². The molecule has 0 aromatic rings. The number of allylic oxidation sites excluding steroid dienone is 2. The van der Waals surface area contributed by atoms with E-state index in [1.807, 2.05) is 0 Å². The molecule has 0 radical (unpaired) electrons. The Morgan fingerprint density at radius 3 is 2.77 bits per heavy atom. The first-order valence-electron chi connectivity index (χ1n) is 10.7. The van der Waals surface area contributed by atoms with Crippen molar-refractivity contribution in [3.63, 3.8) is 0 Å². The highest BCUT2D eigenvalue weighted by Crippen LogP contribution is 2.50. The summed E-state index contributed by atoms with van der Waals surface area (Å²) in [6.07, 6.45) is 13.2. The van der Waals surface area contributed by atoms with Crippen LogP contribution >= 0.6 is 0 Å². The molecule has 0 spiro atoms. The number of carbonyl (C=O) groups excluding carboxylic acids is 1. The minimum absolute atomic E-state index is 0.00704. The van der Waals surface area contributed by atoms with Crippen LogP contribution in [0.4, 0.5) is 0 Å². The van der Waals surface area contributed by atoms with Crippen LogP contribution in [0.25, 0.3) is 0 Å². The maximum Gasteiger partial charge on any atom is 0.311 e. The Bertz CT molecular complexity index is 568. The summed E-state index contributed by atoms with van der Waals surface area (Å²) in [5.41, 5.74) is 1.35. The van der Waals surface area contributed by atoms with Gasteiger partial charge in [-0.1, -0.05) is 30.9 Å². The largest absolute Gasteiger partial charge is 0.459 e. The number of nitrogens with zero attached hydrogens (tertiary/aromatic N) is 1. The smallest absolute Gasteiger partial charge is 0.311 e. The van der Waals surface area contributed by atoms with Crippen LogP contribution in [0.2, 0.25) is 0 Å². The zero-order chi connectivity index (χ0) is 18.3. The quantitative estimate of drug-likeness (QED) is 0.431. The van der Waals surface area contributed by atoms with E-state index >= 15 is 0 Å². The molecule has 2 saturated heterocycles. The van der Waals surface area contributed by atoms with Crippen molar-refractivity contribution in [1.29, 1.82) is 0 Å². The van der Waals surface area contributed by atoms with Gasteiger partial charge in [0.1, 0.15) is 12.2 Å². The maximum absolute atomic E-state index is 12.8. The van der Waals surface area contributed by atoms with E-state index in [1.165, 1.54) is 37.7 Å². The summed E-state index contributed by atoms with van der Waals surface area (Å²) < 4.78 is 12.0. The van der Waals surface area contributed by atoms with Gasteiger partial charge >= 0.3 is 5.97 Å². The summed E-state index contributed by atoms with van der Waals surface area (Å²) in [7, 11) is 2.21. The molecule has 0 aromatic heterocycles. The van der Waals surface area contributed by atoms with Crippen LogP contribution in [-0.4, -0.2) is 48.3 Å². The first kappa shape index (κ1) is 18.5. The fourth-order valence-electron chi connectivity index (χ4n) is 5.53. The third-order valence-electron chi connectivity index (χ3n) is 7.42. The summed E-state index contributed by atoms with van der Waals surface area (Å²) >= 11 is 0. The van der Waals surface area contributed by atoms with E-state index in [-0.39, 0.29) is 29.7 Å². The van der Waals surface area contributed by atoms with Crippen LogP contribution in [0.1, 0.15) is 71.6 Å². The monoisotopic (exact) mass is 361 g/mol. The van der Waals surface area contributed by atoms with E-state index in [0.717, 1.165) is 32.2 Å². The van der Waals surface area contributed by atoms with Gasteiger partial charge in [-0.05, 0) is 59.4 Å². The van der Waals surface area contributed by atoms with Crippen molar-refractivity contribution in [2.75, 3.05) is 13.6 Å². The first-order chi connectivity index (χ1) is 12.5. The average Bonchev–Trinajstić information content (AvgIpc) is 3.20. The number of rotatable bonds is 3. The van der Waals surface area contributed by atoms with Crippen LogP contribution in [-0.2, 0) is 14.3 Å². The van der Waals surface area contributed by atoms with Gasteiger partial charge in [-0.2, -0.15) is 0 Å². The molecule has 0 unspecified atom stereocenters. The van der Waals surface area contributed by atoms with Crippen molar-refractivity contribution in [2.24, 2.45) is 11.8 Å². The van der Waals surface area contributed by atoms with Gasteiger partial charge in [-0.15, -0.1) is 0 Å². The second kappa shape index (κ2) is 7.27. The topological polar surface area (TPSA) is 42.1 Å². The van der Waals surface area contributed by atoms with E-state index in [2.05, 4.69) is 31.9 Å².